The molecular weight excluding hydrogens is 372 g/mol. The van der Waals surface area contributed by atoms with Crippen molar-refractivity contribution in [2.45, 2.75) is 30.9 Å². The van der Waals surface area contributed by atoms with Crippen molar-refractivity contribution < 1.29 is 14.6 Å². The molecule has 1 aromatic carbocycles. The van der Waals surface area contributed by atoms with Gasteiger partial charge in [-0.15, -0.1) is 0 Å². The zero-order valence-electron chi connectivity index (χ0n) is 13.3. The molecule has 24 heavy (non-hydrogen) atoms. The Balaban J connectivity index is 1.74. The maximum absolute atomic E-state index is 12.1. The highest BCUT2D eigenvalue weighted by molar-refractivity contribution is 9.10. The van der Waals surface area contributed by atoms with E-state index in [1.54, 1.807) is 6.20 Å². The van der Waals surface area contributed by atoms with Gasteiger partial charge in [-0.3, -0.25) is 9.78 Å². The zero-order valence-corrected chi connectivity index (χ0v) is 14.9. The molecule has 1 heterocycles. The normalized spacial score (nSPS) is 16.8. The number of esters is 1. The minimum Gasteiger partial charge on any atom is -0.468 e. The molecule has 1 aliphatic carbocycles. The maximum atomic E-state index is 12.1. The molecule has 1 fully saturated rings. The lowest BCUT2D eigenvalue weighted by Crippen LogP contribution is -2.43. The van der Waals surface area contributed by atoms with E-state index in [9.17, 15) is 9.90 Å². The number of hydrogen-bond donors (Lipinski definition) is 2. The largest absolute Gasteiger partial charge is 0.468 e. The van der Waals surface area contributed by atoms with Crippen molar-refractivity contribution >= 4 is 27.6 Å². The Bertz CT molecular complexity index is 729. The van der Waals surface area contributed by atoms with Gasteiger partial charge in [0.1, 0.15) is 5.41 Å². The number of nitrogens with one attached hydrogen (secondary N) is 1. The molecule has 0 radical (unpaired) electrons. The van der Waals surface area contributed by atoms with E-state index in [1.165, 1.54) is 7.11 Å². The van der Waals surface area contributed by atoms with Gasteiger partial charge >= 0.3 is 5.97 Å². The van der Waals surface area contributed by atoms with Gasteiger partial charge in [-0.25, -0.2) is 0 Å². The fourth-order valence-corrected chi connectivity index (χ4v) is 3.39. The first-order valence-electron chi connectivity index (χ1n) is 7.80. The molecule has 0 saturated heterocycles. The third-order valence-electron chi connectivity index (χ3n) is 4.50. The molecule has 1 saturated carbocycles. The zero-order chi connectivity index (χ0) is 17.2. The number of pyridine rings is 1. The average Bonchev–Trinajstić information content (AvgIpc) is 2.55. The smallest absolute Gasteiger partial charge is 0.317 e. The van der Waals surface area contributed by atoms with E-state index in [-0.39, 0.29) is 5.97 Å². The Kier molecular flexibility index (Phi) is 4.87. The second kappa shape index (κ2) is 6.91. The molecule has 5 nitrogen and oxygen atoms in total. The van der Waals surface area contributed by atoms with Gasteiger partial charge in [0.2, 0.25) is 0 Å². The second-order valence-corrected chi connectivity index (χ2v) is 6.88. The average molecular weight is 391 g/mol. The Morgan fingerprint density at radius 3 is 2.71 bits per heavy atom. The van der Waals surface area contributed by atoms with E-state index in [4.69, 9.17) is 4.74 Å². The van der Waals surface area contributed by atoms with Gasteiger partial charge in [0.15, 0.2) is 6.23 Å². The Morgan fingerprint density at radius 2 is 2.17 bits per heavy atom. The topological polar surface area (TPSA) is 71.5 Å². The number of ether oxygens (including phenoxy) is 1. The highest BCUT2D eigenvalue weighted by atomic mass is 79.9. The second-order valence-electron chi connectivity index (χ2n) is 5.96. The van der Waals surface area contributed by atoms with Crippen LogP contribution in [0.4, 0.5) is 5.69 Å². The lowest BCUT2D eigenvalue weighted by molar-refractivity contribution is -0.151. The summed E-state index contributed by atoms with van der Waals surface area (Å²) in [6, 6.07) is 11.1. The van der Waals surface area contributed by atoms with Crippen molar-refractivity contribution in [3.05, 3.63) is 58.3 Å². The van der Waals surface area contributed by atoms with Crippen LogP contribution in [-0.2, 0) is 14.9 Å². The van der Waals surface area contributed by atoms with Crippen LogP contribution in [-0.4, -0.2) is 23.2 Å². The number of halogens is 1. The fraction of sp³-hybridized carbons (Fsp3) is 0.333. The van der Waals surface area contributed by atoms with Crippen LogP contribution in [0.1, 0.15) is 36.7 Å². The summed E-state index contributed by atoms with van der Waals surface area (Å²) in [5.41, 5.74) is 1.56. The van der Waals surface area contributed by atoms with Crippen molar-refractivity contribution in [2.75, 3.05) is 12.4 Å². The first kappa shape index (κ1) is 16.9. The van der Waals surface area contributed by atoms with Gasteiger partial charge in [-0.1, -0.05) is 34.5 Å². The van der Waals surface area contributed by atoms with E-state index in [2.05, 4.69) is 26.2 Å². The standard InChI is InChI=1S/C18H19BrN2O3/c1-24-17(23)18(8-3-9-18)15-7-6-14(11-20-15)21-16(22)12-4-2-5-13(19)10-12/h2,4-7,10-11,16,21-22H,3,8-9H2,1H3. The molecule has 2 aromatic rings. The van der Waals surface area contributed by atoms with Crippen LogP contribution in [0, 0.1) is 0 Å². The number of carbonyl (C=O) groups excluding carboxylic acids is 1. The summed E-state index contributed by atoms with van der Waals surface area (Å²) >= 11 is 3.39. The summed E-state index contributed by atoms with van der Waals surface area (Å²) < 4.78 is 5.84. The minimum atomic E-state index is -0.839. The fourth-order valence-electron chi connectivity index (χ4n) is 2.97. The molecule has 126 valence electrons. The number of nitrogens with zero attached hydrogens (tertiary/aromatic N) is 1. The minimum absolute atomic E-state index is 0.226. The van der Waals surface area contributed by atoms with Gasteiger partial charge in [0.05, 0.1) is 24.7 Å². The summed E-state index contributed by atoms with van der Waals surface area (Å²) in [5.74, 6) is -0.226. The molecule has 0 aliphatic heterocycles. The van der Waals surface area contributed by atoms with E-state index >= 15 is 0 Å². The van der Waals surface area contributed by atoms with Crippen molar-refractivity contribution in [3.63, 3.8) is 0 Å². The van der Waals surface area contributed by atoms with Crippen molar-refractivity contribution in [3.8, 4) is 0 Å². The quantitative estimate of drug-likeness (QED) is 0.603. The van der Waals surface area contributed by atoms with Gasteiger partial charge in [0.25, 0.3) is 0 Å². The molecule has 0 bridgehead atoms. The Labute approximate surface area is 149 Å². The van der Waals surface area contributed by atoms with Gasteiger partial charge < -0.3 is 15.2 Å². The monoisotopic (exact) mass is 390 g/mol. The molecule has 0 spiro atoms. The SMILES string of the molecule is COC(=O)C1(c2ccc(NC(O)c3cccc(Br)c3)cn2)CCC1. The predicted molar refractivity (Wildman–Crippen MR) is 94.5 cm³/mol. The van der Waals surface area contributed by atoms with Crippen molar-refractivity contribution in [2.24, 2.45) is 0 Å². The van der Waals surface area contributed by atoms with Crippen LogP contribution >= 0.6 is 15.9 Å². The van der Waals surface area contributed by atoms with E-state index in [0.29, 0.717) is 5.69 Å². The highest BCUT2D eigenvalue weighted by Crippen LogP contribution is 2.44. The number of anilines is 1. The van der Waals surface area contributed by atoms with Gasteiger partial charge in [-0.2, -0.15) is 0 Å². The molecule has 1 atom stereocenters. The summed E-state index contributed by atoms with van der Waals surface area (Å²) in [5, 5.41) is 13.3. The lowest BCUT2D eigenvalue weighted by atomic mass is 9.66. The molecular formula is C18H19BrN2O3. The van der Waals surface area contributed by atoms with E-state index < -0.39 is 11.6 Å². The number of benzene rings is 1. The van der Waals surface area contributed by atoms with Crippen LogP contribution in [0.25, 0.3) is 0 Å². The molecule has 0 amide bonds. The number of hydrogen-bond acceptors (Lipinski definition) is 5. The summed E-state index contributed by atoms with van der Waals surface area (Å²) in [6.45, 7) is 0. The first-order chi connectivity index (χ1) is 11.5. The number of carbonyl (C=O) groups is 1. The van der Waals surface area contributed by atoms with Gasteiger partial charge in [-0.05, 0) is 37.1 Å². The number of rotatable bonds is 5. The van der Waals surface area contributed by atoms with Crippen LogP contribution < -0.4 is 5.32 Å². The third-order valence-corrected chi connectivity index (χ3v) is 5.00. The van der Waals surface area contributed by atoms with Crippen molar-refractivity contribution in [1.82, 2.24) is 4.98 Å². The molecule has 1 unspecified atom stereocenters. The summed E-state index contributed by atoms with van der Waals surface area (Å²) in [4.78, 5) is 16.5. The molecule has 2 N–H and O–H groups in total. The van der Waals surface area contributed by atoms with Crippen LogP contribution in [0.15, 0.2) is 47.1 Å². The van der Waals surface area contributed by atoms with Crippen molar-refractivity contribution in [1.29, 1.82) is 0 Å². The summed E-state index contributed by atoms with van der Waals surface area (Å²) in [6.07, 6.45) is 3.33. The van der Waals surface area contributed by atoms with E-state index in [0.717, 1.165) is 35.0 Å². The molecule has 3 rings (SSSR count). The first-order valence-corrected chi connectivity index (χ1v) is 8.59. The molecule has 1 aliphatic rings. The summed E-state index contributed by atoms with van der Waals surface area (Å²) in [7, 11) is 1.41. The Morgan fingerprint density at radius 1 is 1.38 bits per heavy atom. The van der Waals surface area contributed by atoms with Gasteiger partial charge in [0, 0.05) is 10.0 Å². The number of aliphatic hydroxyl groups is 1. The van der Waals surface area contributed by atoms with Crippen LogP contribution in [0.5, 0.6) is 0 Å². The van der Waals surface area contributed by atoms with Crippen LogP contribution in [0.3, 0.4) is 0 Å². The number of methoxy groups -OCH3 is 1. The predicted octanol–water partition coefficient (Wildman–Crippen LogP) is 3.54. The number of aromatic nitrogens is 1. The molecule has 6 heteroatoms. The maximum Gasteiger partial charge on any atom is 0.317 e. The van der Waals surface area contributed by atoms with Crippen LogP contribution in [0.2, 0.25) is 0 Å². The highest BCUT2D eigenvalue weighted by Gasteiger charge is 2.48. The van der Waals surface area contributed by atoms with E-state index in [1.807, 2.05) is 36.4 Å². The molecule has 1 aromatic heterocycles. The lowest BCUT2D eigenvalue weighted by Gasteiger charge is -2.38. The Hall–Kier alpha value is -1.92. The number of aliphatic hydroxyl groups excluding tert-OH is 1. The third kappa shape index (κ3) is 3.16.